The zero-order chi connectivity index (χ0) is 14.9. The van der Waals surface area contributed by atoms with Gasteiger partial charge in [0.05, 0.1) is 6.54 Å². The largest absolute Gasteiger partial charge is 0.352 e. The molecule has 2 rings (SSSR count). The average Bonchev–Trinajstić information content (AvgIpc) is 3.03. The Balaban J connectivity index is 1.77. The van der Waals surface area contributed by atoms with Gasteiger partial charge in [0, 0.05) is 36.6 Å². The van der Waals surface area contributed by atoms with Crippen LogP contribution in [0.25, 0.3) is 0 Å². The number of aromatic nitrogens is 2. The third-order valence-corrected chi connectivity index (χ3v) is 2.89. The van der Waals surface area contributed by atoms with E-state index in [1.807, 2.05) is 29.1 Å². The molecule has 1 aromatic heterocycles. The molecule has 5 nitrogen and oxygen atoms in total. The Kier molecular flexibility index (Phi) is 5.56. The zero-order valence-corrected chi connectivity index (χ0v) is 11.7. The predicted octanol–water partition coefficient (Wildman–Crippen LogP) is 1.01. The number of amides is 1. The van der Waals surface area contributed by atoms with Crippen molar-refractivity contribution in [2.24, 2.45) is 5.73 Å². The summed E-state index contributed by atoms with van der Waals surface area (Å²) in [6, 6.07) is 9.06. The lowest BCUT2D eigenvalue weighted by atomic mass is 10.1. The summed E-state index contributed by atoms with van der Waals surface area (Å²) in [7, 11) is 0. The van der Waals surface area contributed by atoms with Crippen LogP contribution in [-0.4, -0.2) is 28.8 Å². The van der Waals surface area contributed by atoms with Crippen LogP contribution in [0.15, 0.2) is 42.7 Å². The maximum Gasteiger partial charge on any atom is 0.251 e. The maximum absolute atomic E-state index is 11.9. The fourth-order valence-electron chi connectivity index (χ4n) is 1.84. The molecule has 5 heteroatoms. The van der Waals surface area contributed by atoms with Gasteiger partial charge in [0.1, 0.15) is 0 Å². The third kappa shape index (κ3) is 4.79. The number of nitrogens with two attached hydrogens (primary N) is 1. The number of hydrogen-bond donors (Lipinski definition) is 2. The zero-order valence-electron chi connectivity index (χ0n) is 11.7. The van der Waals surface area contributed by atoms with Crippen molar-refractivity contribution >= 4 is 5.91 Å². The maximum atomic E-state index is 11.9. The normalized spacial score (nSPS) is 9.76. The van der Waals surface area contributed by atoms with E-state index >= 15 is 0 Å². The lowest BCUT2D eigenvalue weighted by Gasteiger charge is -2.05. The summed E-state index contributed by atoms with van der Waals surface area (Å²) in [5.74, 6) is 5.62. The van der Waals surface area contributed by atoms with Gasteiger partial charge in [0.25, 0.3) is 5.91 Å². The average molecular weight is 282 g/mol. The van der Waals surface area contributed by atoms with E-state index < -0.39 is 0 Å². The first-order valence-corrected chi connectivity index (χ1v) is 6.84. The van der Waals surface area contributed by atoms with E-state index in [1.54, 1.807) is 18.3 Å². The SMILES string of the molecule is NCC#Cc1ccc(C(=O)NCCCn2cccn2)cc1. The van der Waals surface area contributed by atoms with Gasteiger partial charge in [-0.1, -0.05) is 11.8 Å². The Bertz CT molecular complexity index is 621. The molecule has 0 radical (unpaired) electrons. The number of nitrogens with zero attached hydrogens (tertiary/aromatic N) is 2. The summed E-state index contributed by atoms with van der Waals surface area (Å²) in [5, 5.41) is 7.00. The summed E-state index contributed by atoms with van der Waals surface area (Å²) in [6.45, 7) is 1.74. The number of rotatable bonds is 5. The fraction of sp³-hybridized carbons (Fsp3) is 0.250. The smallest absolute Gasteiger partial charge is 0.251 e. The van der Waals surface area contributed by atoms with Crippen molar-refractivity contribution in [3.05, 3.63) is 53.9 Å². The van der Waals surface area contributed by atoms with E-state index in [2.05, 4.69) is 22.3 Å². The second kappa shape index (κ2) is 7.88. The van der Waals surface area contributed by atoms with Crippen molar-refractivity contribution in [2.75, 3.05) is 13.1 Å². The van der Waals surface area contributed by atoms with Crippen molar-refractivity contribution in [2.45, 2.75) is 13.0 Å². The lowest BCUT2D eigenvalue weighted by Crippen LogP contribution is -2.25. The second-order valence-electron chi connectivity index (χ2n) is 4.46. The molecule has 1 heterocycles. The van der Waals surface area contributed by atoms with E-state index in [-0.39, 0.29) is 5.91 Å². The molecule has 0 bridgehead atoms. The molecule has 1 amide bonds. The molecule has 0 fully saturated rings. The van der Waals surface area contributed by atoms with E-state index in [0.717, 1.165) is 18.5 Å². The molecule has 0 saturated heterocycles. The number of nitrogens with one attached hydrogen (secondary N) is 1. The molecule has 2 aromatic rings. The summed E-state index contributed by atoms with van der Waals surface area (Å²) in [4.78, 5) is 11.9. The van der Waals surface area contributed by atoms with Gasteiger partial charge in [-0.3, -0.25) is 9.48 Å². The summed E-state index contributed by atoms with van der Waals surface area (Å²) < 4.78 is 1.84. The first-order chi connectivity index (χ1) is 10.3. The van der Waals surface area contributed by atoms with Gasteiger partial charge >= 0.3 is 0 Å². The number of carbonyl (C=O) groups excluding carboxylic acids is 1. The van der Waals surface area contributed by atoms with Crippen LogP contribution in [-0.2, 0) is 6.54 Å². The van der Waals surface area contributed by atoms with Crippen molar-refractivity contribution < 1.29 is 4.79 Å². The number of carbonyl (C=O) groups is 1. The molecule has 3 N–H and O–H groups in total. The molecule has 1 aromatic carbocycles. The fourth-order valence-corrected chi connectivity index (χ4v) is 1.84. The minimum atomic E-state index is -0.0752. The molecule has 0 spiro atoms. The van der Waals surface area contributed by atoms with Crippen molar-refractivity contribution in [3.63, 3.8) is 0 Å². The van der Waals surface area contributed by atoms with Crippen LogP contribution in [0, 0.1) is 11.8 Å². The molecule has 0 saturated carbocycles. The van der Waals surface area contributed by atoms with Crippen LogP contribution in [0.2, 0.25) is 0 Å². The van der Waals surface area contributed by atoms with Gasteiger partial charge in [-0.05, 0) is 36.8 Å². The first-order valence-electron chi connectivity index (χ1n) is 6.84. The molecule has 0 atom stereocenters. The van der Waals surface area contributed by atoms with Crippen LogP contribution in [0.1, 0.15) is 22.3 Å². The minimum absolute atomic E-state index is 0.0752. The third-order valence-electron chi connectivity index (χ3n) is 2.89. The van der Waals surface area contributed by atoms with Crippen LogP contribution in [0.3, 0.4) is 0 Å². The molecule has 108 valence electrons. The van der Waals surface area contributed by atoms with Crippen LogP contribution < -0.4 is 11.1 Å². The Labute approximate surface area is 124 Å². The van der Waals surface area contributed by atoms with Gasteiger partial charge in [0.2, 0.25) is 0 Å². The van der Waals surface area contributed by atoms with Crippen molar-refractivity contribution in [1.29, 1.82) is 0 Å². The molecular weight excluding hydrogens is 264 g/mol. The molecule has 0 unspecified atom stereocenters. The first kappa shape index (κ1) is 14.8. The monoisotopic (exact) mass is 282 g/mol. The van der Waals surface area contributed by atoms with E-state index in [9.17, 15) is 4.79 Å². The topological polar surface area (TPSA) is 72.9 Å². The van der Waals surface area contributed by atoms with E-state index in [1.165, 1.54) is 0 Å². The molecular formula is C16H18N4O. The highest BCUT2D eigenvalue weighted by atomic mass is 16.1. The van der Waals surface area contributed by atoms with Crippen LogP contribution in [0.4, 0.5) is 0 Å². The summed E-state index contributed by atoms with van der Waals surface area (Å²) >= 11 is 0. The second-order valence-corrected chi connectivity index (χ2v) is 4.46. The molecule has 0 aliphatic carbocycles. The number of benzene rings is 1. The lowest BCUT2D eigenvalue weighted by molar-refractivity contribution is 0.0952. The Morgan fingerprint density at radius 3 is 2.81 bits per heavy atom. The molecule has 0 aliphatic rings. The minimum Gasteiger partial charge on any atom is -0.352 e. The number of hydrogen-bond acceptors (Lipinski definition) is 3. The van der Waals surface area contributed by atoms with E-state index in [0.29, 0.717) is 18.7 Å². The van der Waals surface area contributed by atoms with Crippen molar-refractivity contribution in [1.82, 2.24) is 15.1 Å². The van der Waals surface area contributed by atoms with Gasteiger partial charge in [0.15, 0.2) is 0 Å². The standard InChI is InChI=1S/C16H18N4O/c17-9-1-4-14-5-7-15(8-6-14)16(21)18-10-2-12-20-13-3-11-19-20/h3,5-8,11,13H,2,9-10,12,17H2,(H,18,21). The quantitative estimate of drug-likeness (QED) is 0.635. The van der Waals surface area contributed by atoms with Crippen LogP contribution in [0.5, 0.6) is 0 Å². The Hall–Kier alpha value is -2.58. The summed E-state index contributed by atoms with van der Waals surface area (Å²) in [6.07, 6.45) is 4.49. The Morgan fingerprint density at radius 2 is 2.14 bits per heavy atom. The van der Waals surface area contributed by atoms with E-state index in [4.69, 9.17) is 5.73 Å². The van der Waals surface area contributed by atoms with Gasteiger partial charge in [-0.25, -0.2) is 0 Å². The summed E-state index contributed by atoms with van der Waals surface area (Å²) in [5.41, 5.74) is 6.80. The van der Waals surface area contributed by atoms with Crippen molar-refractivity contribution in [3.8, 4) is 11.8 Å². The highest BCUT2D eigenvalue weighted by Crippen LogP contribution is 2.03. The van der Waals surface area contributed by atoms with Crippen LogP contribution >= 0.6 is 0 Å². The predicted molar refractivity (Wildman–Crippen MR) is 81.6 cm³/mol. The highest BCUT2D eigenvalue weighted by molar-refractivity contribution is 5.94. The van der Waals surface area contributed by atoms with Gasteiger partial charge in [-0.15, -0.1) is 0 Å². The Morgan fingerprint density at radius 1 is 1.33 bits per heavy atom. The molecule has 0 aliphatic heterocycles. The number of aryl methyl sites for hydroxylation is 1. The van der Waals surface area contributed by atoms with Gasteiger partial charge in [-0.2, -0.15) is 5.10 Å². The highest BCUT2D eigenvalue weighted by Gasteiger charge is 2.04. The van der Waals surface area contributed by atoms with Gasteiger partial charge < -0.3 is 11.1 Å². The molecule has 21 heavy (non-hydrogen) atoms.